The smallest absolute Gasteiger partial charge is 0.163 e. The van der Waals surface area contributed by atoms with Gasteiger partial charge in [0.2, 0.25) is 0 Å². The van der Waals surface area contributed by atoms with Crippen LogP contribution in [0.5, 0.6) is 0 Å². The molecule has 110 valence electrons. The molecule has 0 spiro atoms. The van der Waals surface area contributed by atoms with Crippen LogP contribution in [-0.2, 0) is 0 Å². The van der Waals surface area contributed by atoms with E-state index in [0.717, 1.165) is 31.7 Å². The first-order valence-corrected chi connectivity index (χ1v) is 10.8. The van der Waals surface area contributed by atoms with E-state index in [1.807, 2.05) is 6.08 Å². The van der Waals surface area contributed by atoms with Crippen molar-refractivity contribution >= 4 is 13.8 Å². The minimum Gasteiger partial charge on any atom is -0.624 e. The maximum atomic E-state index is 12.5. The van der Waals surface area contributed by atoms with E-state index in [4.69, 9.17) is 0 Å². The molecule has 0 aromatic rings. The number of allylic oxidation sites excluding steroid dienone is 1. The third-order valence-corrected chi connectivity index (χ3v) is 10.4. The molecule has 1 rings (SSSR count). The predicted molar refractivity (Wildman–Crippen MR) is 87.7 cm³/mol. The highest BCUT2D eigenvalue weighted by Crippen LogP contribution is 2.39. The van der Waals surface area contributed by atoms with Gasteiger partial charge in [-0.2, -0.15) is 0 Å². The summed E-state index contributed by atoms with van der Waals surface area (Å²) in [7, 11) is -1.39. The highest BCUT2D eigenvalue weighted by molar-refractivity contribution is 6.82. The average molecular weight is 282 g/mol. The zero-order valence-corrected chi connectivity index (χ0v) is 14.5. The fourth-order valence-electron chi connectivity index (χ4n) is 2.54. The third kappa shape index (κ3) is 4.20. The van der Waals surface area contributed by atoms with Crippen LogP contribution >= 0.6 is 0 Å². The van der Waals surface area contributed by atoms with Crippen molar-refractivity contribution in [1.29, 1.82) is 0 Å². The molecule has 0 saturated carbocycles. The topological polar surface area (TPSA) is 26.1 Å². The monoisotopic (exact) mass is 281 g/mol. The summed E-state index contributed by atoms with van der Waals surface area (Å²) in [5.74, 6) is 0. The van der Waals surface area contributed by atoms with E-state index in [1.165, 1.54) is 16.9 Å². The van der Waals surface area contributed by atoms with Crippen molar-refractivity contribution < 1.29 is 4.74 Å². The summed E-state index contributed by atoms with van der Waals surface area (Å²) >= 11 is 0. The van der Waals surface area contributed by atoms with Crippen LogP contribution in [0, 0.1) is 5.21 Å². The molecule has 2 nitrogen and oxygen atoms in total. The first kappa shape index (κ1) is 16.5. The molecule has 1 heterocycles. The van der Waals surface area contributed by atoms with Gasteiger partial charge in [-0.25, -0.2) is 4.74 Å². The van der Waals surface area contributed by atoms with Gasteiger partial charge >= 0.3 is 0 Å². The first-order chi connectivity index (χ1) is 8.69. The van der Waals surface area contributed by atoms with E-state index in [-0.39, 0.29) is 6.04 Å². The van der Waals surface area contributed by atoms with Crippen molar-refractivity contribution in [3.8, 4) is 0 Å². The second kappa shape index (κ2) is 6.25. The lowest BCUT2D eigenvalue weighted by Gasteiger charge is -2.37. The van der Waals surface area contributed by atoms with Gasteiger partial charge in [0.15, 0.2) is 11.8 Å². The number of hydrogen-bond acceptors (Lipinski definition) is 1. The lowest BCUT2D eigenvalue weighted by molar-refractivity contribution is -0.509. The van der Waals surface area contributed by atoms with Crippen molar-refractivity contribution in [3.05, 3.63) is 17.9 Å². The van der Waals surface area contributed by atoms with Gasteiger partial charge in [0.05, 0.1) is 8.07 Å². The summed E-state index contributed by atoms with van der Waals surface area (Å²) in [6, 6.07) is 1.26. The van der Waals surface area contributed by atoms with E-state index >= 15 is 0 Å². The second-order valence-corrected chi connectivity index (χ2v) is 13.2. The molecule has 0 bridgehead atoms. The molecule has 3 heteroatoms. The van der Waals surface area contributed by atoms with Crippen molar-refractivity contribution in [2.45, 2.75) is 83.1 Å². The van der Waals surface area contributed by atoms with Gasteiger partial charge in [0.25, 0.3) is 0 Å². The molecule has 1 aliphatic heterocycles. The minimum atomic E-state index is -1.39. The van der Waals surface area contributed by atoms with Gasteiger partial charge in [-0.1, -0.05) is 39.9 Å². The SMILES string of the molecule is C=CCCC1CCCC(C[Si](C)(C)C(C)(C)C)=[N+]1[O-]. The molecule has 0 aliphatic carbocycles. The van der Waals surface area contributed by atoms with Gasteiger partial charge in [0, 0.05) is 25.3 Å². The van der Waals surface area contributed by atoms with Gasteiger partial charge in [0.1, 0.15) is 0 Å². The fraction of sp³-hybridized carbons (Fsp3) is 0.812. The van der Waals surface area contributed by atoms with E-state index in [1.54, 1.807) is 0 Å². The van der Waals surface area contributed by atoms with Crippen LogP contribution in [-0.4, -0.2) is 24.6 Å². The standard InChI is InChI=1S/C16H31NOSi/c1-7-8-10-14-11-9-12-15(17(14)18)13-19(5,6)16(2,3)4/h7,14H,1,8-13H2,2-6H3. The van der Waals surface area contributed by atoms with Crippen molar-refractivity contribution in [3.63, 3.8) is 0 Å². The number of hydroxylamine groups is 1. The summed E-state index contributed by atoms with van der Waals surface area (Å²) < 4.78 is 1.37. The second-order valence-electron chi connectivity index (χ2n) is 7.61. The summed E-state index contributed by atoms with van der Waals surface area (Å²) in [6.07, 6.45) is 7.10. The summed E-state index contributed by atoms with van der Waals surface area (Å²) in [6.45, 7) is 15.6. The Labute approximate surface area is 120 Å². The Morgan fingerprint density at radius 3 is 2.58 bits per heavy atom. The molecule has 1 unspecified atom stereocenters. The largest absolute Gasteiger partial charge is 0.624 e. The molecule has 0 N–H and O–H groups in total. The van der Waals surface area contributed by atoms with Crippen LogP contribution in [0.1, 0.15) is 52.9 Å². The first-order valence-electron chi connectivity index (χ1n) is 7.61. The van der Waals surface area contributed by atoms with Crippen LogP contribution in [0.15, 0.2) is 12.7 Å². The molecule has 0 amide bonds. The maximum Gasteiger partial charge on any atom is 0.163 e. The van der Waals surface area contributed by atoms with Crippen LogP contribution < -0.4 is 0 Å². The van der Waals surface area contributed by atoms with E-state index in [0.29, 0.717) is 5.04 Å². The summed E-state index contributed by atoms with van der Waals surface area (Å²) in [5, 5.41) is 12.9. The summed E-state index contributed by atoms with van der Waals surface area (Å²) in [5.41, 5.74) is 1.17. The lowest BCUT2D eigenvalue weighted by atomic mass is 9.99. The number of rotatable bonds is 5. The molecule has 0 radical (unpaired) electrons. The molecule has 19 heavy (non-hydrogen) atoms. The molecule has 0 fully saturated rings. The Morgan fingerprint density at radius 2 is 2.05 bits per heavy atom. The van der Waals surface area contributed by atoms with Crippen LogP contribution in [0.25, 0.3) is 0 Å². The zero-order chi connectivity index (χ0) is 14.7. The molecular formula is C16H31NOSi. The molecule has 1 atom stereocenters. The zero-order valence-electron chi connectivity index (χ0n) is 13.5. The Kier molecular flexibility index (Phi) is 5.42. The van der Waals surface area contributed by atoms with E-state index in [9.17, 15) is 5.21 Å². The molecule has 0 saturated heterocycles. The quantitative estimate of drug-likeness (QED) is 0.302. The van der Waals surface area contributed by atoms with E-state index in [2.05, 4.69) is 40.4 Å². The van der Waals surface area contributed by atoms with Gasteiger partial charge < -0.3 is 5.21 Å². The maximum absolute atomic E-state index is 12.5. The number of nitrogens with zero attached hydrogens (tertiary/aromatic N) is 1. The highest BCUT2D eigenvalue weighted by atomic mass is 28.3. The van der Waals surface area contributed by atoms with Gasteiger partial charge in [-0.15, -0.1) is 6.58 Å². The third-order valence-electron chi connectivity index (χ3n) is 5.03. The van der Waals surface area contributed by atoms with Crippen molar-refractivity contribution in [2.75, 3.05) is 0 Å². The van der Waals surface area contributed by atoms with Crippen LogP contribution in [0.2, 0.25) is 24.2 Å². The average Bonchev–Trinajstić information content (AvgIpc) is 2.28. The Morgan fingerprint density at radius 1 is 1.42 bits per heavy atom. The van der Waals surface area contributed by atoms with Crippen LogP contribution in [0.4, 0.5) is 0 Å². The normalized spacial score (nSPS) is 21.6. The molecule has 0 aromatic heterocycles. The lowest BCUT2D eigenvalue weighted by Crippen LogP contribution is -2.42. The highest BCUT2D eigenvalue weighted by Gasteiger charge is 2.39. The van der Waals surface area contributed by atoms with Crippen molar-refractivity contribution in [1.82, 2.24) is 0 Å². The Bertz CT molecular complexity index is 352. The molecule has 1 aliphatic rings. The molecule has 0 aromatic carbocycles. The Hall–Kier alpha value is -0.573. The summed E-state index contributed by atoms with van der Waals surface area (Å²) in [4.78, 5) is 0. The minimum absolute atomic E-state index is 0.200. The fourth-order valence-corrected chi connectivity index (χ4v) is 4.42. The number of hydrogen-bond donors (Lipinski definition) is 0. The van der Waals surface area contributed by atoms with E-state index < -0.39 is 8.07 Å². The van der Waals surface area contributed by atoms with Crippen molar-refractivity contribution in [2.24, 2.45) is 0 Å². The molecular weight excluding hydrogens is 250 g/mol. The van der Waals surface area contributed by atoms with Gasteiger partial charge in [-0.3, -0.25) is 0 Å². The predicted octanol–water partition coefficient (Wildman–Crippen LogP) is 4.96. The Balaban J connectivity index is 2.83. The van der Waals surface area contributed by atoms with Crippen LogP contribution in [0.3, 0.4) is 0 Å². The van der Waals surface area contributed by atoms with Gasteiger partial charge in [-0.05, 0) is 17.9 Å².